The normalized spacial score (nSPS) is 12.7. The Balaban J connectivity index is 1.47. The number of carbonyl (C=O) groups is 3. The van der Waals surface area contributed by atoms with Crippen LogP contribution < -0.4 is 10.1 Å². The van der Waals surface area contributed by atoms with Gasteiger partial charge < -0.3 is 24.4 Å². The first-order valence-corrected chi connectivity index (χ1v) is 11.4. The van der Waals surface area contributed by atoms with Gasteiger partial charge in [0.15, 0.2) is 6.61 Å². The molecule has 1 aliphatic rings. The SMILES string of the molecule is CCOC(=O)N1CCc2c(sc(NC(=O)COc3ccc4ccccc4c3)c2C(=O)OC)C1. The van der Waals surface area contributed by atoms with Crippen LogP contribution >= 0.6 is 11.3 Å². The van der Waals surface area contributed by atoms with Crippen LogP contribution in [-0.2, 0) is 27.2 Å². The topological polar surface area (TPSA) is 94.2 Å². The largest absolute Gasteiger partial charge is 0.484 e. The molecule has 9 heteroatoms. The number of hydrogen-bond acceptors (Lipinski definition) is 7. The predicted molar refractivity (Wildman–Crippen MR) is 125 cm³/mol. The maximum Gasteiger partial charge on any atom is 0.410 e. The number of nitrogens with one attached hydrogen (secondary N) is 1. The van der Waals surface area contributed by atoms with E-state index >= 15 is 0 Å². The Hall–Kier alpha value is -3.59. The summed E-state index contributed by atoms with van der Waals surface area (Å²) in [4.78, 5) is 39.6. The minimum Gasteiger partial charge on any atom is -0.484 e. The second-order valence-electron chi connectivity index (χ2n) is 7.42. The molecule has 0 bridgehead atoms. The first-order chi connectivity index (χ1) is 16.0. The molecule has 0 aliphatic carbocycles. The number of ether oxygens (including phenoxy) is 3. The molecule has 2 aromatic carbocycles. The molecule has 0 fully saturated rings. The maximum absolute atomic E-state index is 12.6. The molecule has 1 aliphatic heterocycles. The molecular formula is C24H24N2O6S. The van der Waals surface area contributed by atoms with Gasteiger partial charge in [0.05, 0.1) is 25.8 Å². The van der Waals surface area contributed by atoms with Gasteiger partial charge in [0.2, 0.25) is 0 Å². The van der Waals surface area contributed by atoms with Crippen molar-refractivity contribution in [2.45, 2.75) is 19.9 Å². The molecule has 172 valence electrons. The molecular weight excluding hydrogens is 444 g/mol. The Kier molecular flexibility index (Phi) is 6.79. The third kappa shape index (κ3) is 4.93. The fourth-order valence-electron chi connectivity index (χ4n) is 3.75. The van der Waals surface area contributed by atoms with Crippen molar-refractivity contribution in [3.05, 3.63) is 58.5 Å². The molecule has 3 aromatic rings. The minimum atomic E-state index is -0.525. The number of fused-ring (bicyclic) bond motifs is 2. The monoisotopic (exact) mass is 468 g/mol. The summed E-state index contributed by atoms with van der Waals surface area (Å²) in [5, 5.41) is 5.27. The van der Waals surface area contributed by atoms with Gasteiger partial charge in [-0.3, -0.25) is 4.79 Å². The Morgan fingerprint density at radius 3 is 2.67 bits per heavy atom. The standard InChI is InChI=1S/C24H24N2O6S/c1-3-31-24(29)26-11-10-18-19(13-26)33-22(21(18)23(28)30-2)25-20(27)14-32-17-9-8-15-6-4-5-7-16(15)12-17/h4-9,12H,3,10-11,13-14H2,1-2H3,(H,25,27). The van der Waals surface area contributed by atoms with Gasteiger partial charge in [-0.1, -0.05) is 30.3 Å². The van der Waals surface area contributed by atoms with Gasteiger partial charge >= 0.3 is 12.1 Å². The second kappa shape index (κ2) is 9.91. The highest BCUT2D eigenvalue weighted by Gasteiger charge is 2.31. The summed E-state index contributed by atoms with van der Waals surface area (Å²) < 4.78 is 15.7. The van der Waals surface area contributed by atoms with E-state index < -0.39 is 18.0 Å². The Morgan fingerprint density at radius 1 is 1.12 bits per heavy atom. The Morgan fingerprint density at radius 2 is 1.91 bits per heavy atom. The van der Waals surface area contributed by atoms with Gasteiger partial charge in [0.25, 0.3) is 5.91 Å². The summed E-state index contributed by atoms with van der Waals surface area (Å²) >= 11 is 1.26. The zero-order valence-electron chi connectivity index (χ0n) is 18.4. The van der Waals surface area contributed by atoms with Gasteiger partial charge in [-0.25, -0.2) is 9.59 Å². The van der Waals surface area contributed by atoms with Crippen LogP contribution in [0, 0.1) is 0 Å². The van der Waals surface area contributed by atoms with Crippen LogP contribution in [0.4, 0.5) is 9.80 Å². The third-order valence-electron chi connectivity index (χ3n) is 5.32. The number of thiophene rings is 1. The Bertz CT molecular complexity index is 1200. The van der Waals surface area contributed by atoms with Crippen LogP contribution in [0.2, 0.25) is 0 Å². The third-order valence-corrected chi connectivity index (χ3v) is 6.45. The van der Waals surface area contributed by atoms with E-state index in [0.717, 1.165) is 21.2 Å². The molecule has 0 saturated heterocycles. The van der Waals surface area contributed by atoms with E-state index in [1.807, 2.05) is 42.5 Å². The van der Waals surface area contributed by atoms with Crippen LogP contribution in [0.3, 0.4) is 0 Å². The summed E-state index contributed by atoms with van der Waals surface area (Å²) in [7, 11) is 1.30. The number of amides is 2. The van der Waals surface area contributed by atoms with E-state index in [0.29, 0.717) is 42.4 Å². The zero-order chi connectivity index (χ0) is 23.4. The molecule has 2 amide bonds. The van der Waals surface area contributed by atoms with Crippen molar-refractivity contribution >= 4 is 45.1 Å². The highest BCUT2D eigenvalue weighted by Crippen LogP contribution is 2.37. The first kappa shape index (κ1) is 22.6. The van der Waals surface area contributed by atoms with E-state index in [4.69, 9.17) is 14.2 Å². The molecule has 0 saturated carbocycles. The minimum absolute atomic E-state index is 0.212. The number of anilines is 1. The number of hydrogen-bond donors (Lipinski definition) is 1. The molecule has 0 radical (unpaired) electrons. The number of nitrogens with zero attached hydrogens (tertiary/aromatic N) is 1. The average molecular weight is 469 g/mol. The molecule has 0 spiro atoms. The number of carbonyl (C=O) groups excluding carboxylic acids is 3. The molecule has 1 aromatic heterocycles. The van der Waals surface area contributed by atoms with Crippen molar-refractivity contribution in [3.8, 4) is 5.75 Å². The van der Waals surface area contributed by atoms with E-state index in [2.05, 4.69) is 5.32 Å². The number of esters is 1. The quantitative estimate of drug-likeness (QED) is 0.545. The number of methoxy groups -OCH3 is 1. The average Bonchev–Trinajstić information content (AvgIpc) is 3.19. The van der Waals surface area contributed by atoms with E-state index in [-0.39, 0.29) is 6.61 Å². The van der Waals surface area contributed by atoms with Gasteiger partial charge in [0, 0.05) is 11.4 Å². The molecule has 4 rings (SSSR count). The van der Waals surface area contributed by atoms with Gasteiger partial charge in [-0.15, -0.1) is 11.3 Å². The lowest BCUT2D eigenvalue weighted by Gasteiger charge is -2.26. The summed E-state index contributed by atoms with van der Waals surface area (Å²) in [6.07, 6.45) is 0.0731. The fraction of sp³-hybridized carbons (Fsp3) is 0.292. The number of rotatable bonds is 6. The van der Waals surface area contributed by atoms with Crippen molar-refractivity contribution in [2.24, 2.45) is 0 Å². The molecule has 1 N–H and O–H groups in total. The zero-order valence-corrected chi connectivity index (χ0v) is 19.2. The number of benzene rings is 2. The van der Waals surface area contributed by atoms with E-state index in [1.54, 1.807) is 11.8 Å². The van der Waals surface area contributed by atoms with Crippen molar-refractivity contribution in [1.29, 1.82) is 0 Å². The summed E-state index contributed by atoms with van der Waals surface area (Å²) in [5.41, 5.74) is 1.12. The van der Waals surface area contributed by atoms with Crippen LogP contribution in [0.1, 0.15) is 27.7 Å². The summed E-state index contributed by atoms with van der Waals surface area (Å²) in [6.45, 7) is 2.56. The molecule has 0 atom stereocenters. The highest BCUT2D eigenvalue weighted by molar-refractivity contribution is 7.17. The van der Waals surface area contributed by atoms with Crippen molar-refractivity contribution < 1.29 is 28.6 Å². The Labute approximate surface area is 195 Å². The van der Waals surface area contributed by atoms with Crippen molar-refractivity contribution in [1.82, 2.24) is 4.90 Å². The van der Waals surface area contributed by atoms with Gasteiger partial charge in [0.1, 0.15) is 10.8 Å². The second-order valence-corrected chi connectivity index (χ2v) is 8.52. The van der Waals surface area contributed by atoms with Crippen molar-refractivity contribution in [2.75, 3.05) is 32.2 Å². The molecule has 33 heavy (non-hydrogen) atoms. The van der Waals surface area contributed by atoms with Crippen LogP contribution in [0.5, 0.6) is 5.75 Å². The lowest BCUT2D eigenvalue weighted by atomic mass is 10.0. The smallest absolute Gasteiger partial charge is 0.410 e. The van der Waals surface area contributed by atoms with Crippen molar-refractivity contribution in [3.63, 3.8) is 0 Å². The molecule has 2 heterocycles. The van der Waals surface area contributed by atoms with Gasteiger partial charge in [-0.05, 0) is 41.8 Å². The first-order valence-electron chi connectivity index (χ1n) is 10.6. The molecule has 0 unspecified atom stereocenters. The highest BCUT2D eigenvalue weighted by atomic mass is 32.1. The lowest BCUT2D eigenvalue weighted by molar-refractivity contribution is -0.118. The van der Waals surface area contributed by atoms with E-state index in [1.165, 1.54) is 18.4 Å². The fourth-order valence-corrected chi connectivity index (χ4v) is 5.02. The predicted octanol–water partition coefficient (Wildman–Crippen LogP) is 4.22. The lowest BCUT2D eigenvalue weighted by Crippen LogP contribution is -2.36. The van der Waals surface area contributed by atoms with Gasteiger partial charge in [-0.2, -0.15) is 0 Å². The molecule has 8 nitrogen and oxygen atoms in total. The summed E-state index contributed by atoms with van der Waals surface area (Å²) in [6, 6.07) is 13.5. The van der Waals surface area contributed by atoms with E-state index in [9.17, 15) is 14.4 Å². The van der Waals surface area contributed by atoms with Crippen LogP contribution in [0.15, 0.2) is 42.5 Å². The maximum atomic E-state index is 12.6. The van der Waals surface area contributed by atoms with Crippen LogP contribution in [0.25, 0.3) is 10.8 Å². The summed E-state index contributed by atoms with van der Waals surface area (Å²) in [5.74, 6) is -0.343. The van der Waals surface area contributed by atoms with Crippen LogP contribution in [-0.4, -0.2) is 49.7 Å².